The van der Waals surface area contributed by atoms with Crippen molar-refractivity contribution in [2.45, 2.75) is 32.4 Å². The highest BCUT2D eigenvalue weighted by atomic mass is 16.3. The smallest absolute Gasteiger partial charge is 0.0991 e. The monoisotopic (exact) mass is 218 g/mol. The summed E-state index contributed by atoms with van der Waals surface area (Å²) in [5.41, 5.74) is 1.85. The molecule has 0 radical (unpaired) electrons. The number of hydrogen-bond acceptors (Lipinski definition) is 3. The van der Waals surface area contributed by atoms with E-state index in [0.29, 0.717) is 11.6 Å². The van der Waals surface area contributed by atoms with Crippen molar-refractivity contribution in [3.8, 4) is 6.07 Å². The van der Waals surface area contributed by atoms with Crippen molar-refractivity contribution in [2.24, 2.45) is 0 Å². The van der Waals surface area contributed by atoms with E-state index in [1.165, 1.54) is 0 Å². The van der Waals surface area contributed by atoms with Gasteiger partial charge in [-0.1, -0.05) is 19.1 Å². The van der Waals surface area contributed by atoms with Gasteiger partial charge >= 0.3 is 0 Å². The Balaban J connectivity index is 2.44. The zero-order valence-electron chi connectivity index (χ0n) is 9.61. The molecule has 0 amide bonds. The van der Waals surface area contributed by atoms with Crippen LogP contribution in [0.3, 0.4) is 0 Å². The molecule has 1 unspecified atom stereocenters. The molecule has 86 valence electrons. The van der Waals surface area contributed by atoms with Crippen LogP contribution in [-0.4, -0.2) is 17.8 Å². The van der Waals surface area contributed by atoms with E-state index in [4.69, 9.17) is 10.4 Å². The molecular weight excluding hydrogens is 200 g/mol. The summed E-state index contributed by atoms with van der Waals surface area (Å²) in [6, 6.07) is 10.0. The van der Waals surface area contributed by atoms with Gasteiger partial charge in [0.1, 0.15) is 0 Å². The van der Waals surface area contributed by atoms with Crippen LogP contribution < -0.4 is 5.32 Å². The van der Waals surface area contributed by atoms with Crippen LogP contribution in [0, 0.1) is 11.3 Å². The van der Waals surface area contributed by atoms with Crippen LogP contribution in [0.5, 0.6) is 0 Å². The largest absolute Gasteiger partial charge is 0.396 e. The first-order valence-corrected chi connectivity index (χ1v) is 5.63. The van der Waals surface area contributed by atoms with E-state index in [2.05, 4.69) is 18.3 Å². The van der Waals surface area contributed by atoms with Gasteiger partial charge in [-0.25, -0.2) is 0 Å². The molecule has 3 heteroatoms. The molecule has 0 aliphatic carbocycles. The summed E-state index contributed by atoms with van der Waals surface area (Å²) in [5, 5.41) is 20.9. The molecule has 2 N–H and O–H groups in total. The molecule has 0 saturated heterocycles. The highest BCUT2D eigenvalue weighted by molar-refractivity contribution is 5.31. The molecule has 1 atom stereocenters. The predicted octanol–water partition coefficient (Wildman–Crippen LogP) is 1.81. The number of hydrogen-bond donors (Lipinski definition) is 2. The Morgan fingerprint density at radius 1 is 1.38 bits per heavy atom. The molecule has 3 nitrogen and oxygen atoms in total. The minimum absolute atomic E-state index is 0.221. The van der Waals surface area contributed by atoms with Gasteiger partial charge in [0, 0.05) is 19.2 Å². The average Bonchev–Trinajstić information content (AvgIpc) is 2.35. The van der Waals surface area contributed by atoms with Crippen LogP contribution >= 0.6 is 0 Å². The summed E-state index contributed by atoms with van der Waals surface area (Å²) in [6.07, 6.45) is 1.80. The van der Waals surface area contributed by atoms with Crippen molar-refractivity contribution in [3.05, 3.63) is 35.4 Å². The van der Waals surface area contributed by atoms with E-state index in [9.17, 15) is 0 Å². The minimum atomic E-state index is 0.221. The van der Waals surface area contributed by atoms with E-state index in [-0.39, 0.29) is 6.61 Å². The lowest BCUT2D eigenvalue weighted by atomic mass is 10.1. The molecule has 0 spiro atoms. The third-order valence-electron chi connectivity index (χ3n) is 2.65. The molecule has 0 aromatic heterocycles. The number of nitrogens with one attached hydrogen (secondary N) is 1. The minimum Gasteiger partial charge on any atom is -0.396 e. The first-order chi connectivity index (χ1) is 7.80. The maximum atomic E-state index is 8.86. The third kappa shape index (κ3) is 4.01. The fourth-order valence-corrected chi connectivity index (χ4v) is 1.57. The van der Waals surface area contributed by atoms with Gasteiger partial charge in [-0.2, -0.15) is 5.26 Å². The van der Waals surface area contributed by atoms with Crippen LogP contribution in [-0.2, 0) is 6.54 Å². The highest BCUT2D eigenvalue weighted by Crippen LogP contribution is 2.04. The standard InChI is InChI=1S/C13H18N2O/c1-2-13(7-8-16)15-10-12-5-3-11(9-14)4-6-12/h3-6,13,15-16H,2,7-8,10H2,1H3. The molecule has 0 bridgehead atoms. The van der Waals surface area contributed by atoms with Crippen LogP contribution in [0.2, 0.25) is 0 Å². The van der Waals surface area contributed by atoms with Gasteiger partial charge in [0.15, 0.2) is 0 Å². The van der Waals surface area contributed by atoms with Gasteiger partial charge in [-0.15, -0.1) is 0 Å². The van der Waals surface area contributed by atoms with Gasteiger partial charge in [0.25, 0.3) is 0 Å². The summed E-state index contributed by atoms with van der Waals surface area (Å²) in [7, 11) is 0. The van der Waals surface area contributed by atoms with E-state index in [1.54, 1.807) is 0 Å². The maximum absolute atomic E-state index is 8.86. The first-order valence-electron chi connectivity index (χ1n) is 5.63. The number of aliphatic hydroxyl groups excluding tert-OH is 1. The van der Waals surface area contributed by atoms with Gasteiger partial charge in [-0.3, -0.25) is 0 Å². The lowest BCUT2D eigenvalue weighted by Crippen LogP contribution is -2.28. The Labute approximate surface area is 96.7 Å². The maximum Gasteiger partial charge on any atom is 0.0991 e. The van der Waals surface area contributed by atoms with Crippen molar-refractivity contribution < 1.29 is 5.11 Å². The van der Waals surface area contributed by atoms with Gasteiger partial charge in [-0.05, 0) is 30.5 Å². The summed E-state index contributed by atoms with van der Waals surface area (Å²) >= 11 is 0. The number of nitriles is 1. The Bertz CT molecular complexity index is 340. The van der Waals surface area contributed by atoms with Crippen molar-refractivity contribution >= 4 is 0 Å². The van der Waals surface area contributed by atoms with Crippen LogP contribution in [0.25, 0.3) is 0 Å². The van der Waals surface area contributed by atoms with Crippen molar-refractivity contribution in [1.82, 2.24) is 5.32 Å². The molecule has 1 aromatic rings. The second-order valence-corrected chi connectivity index (χ2v) is 3.81. The van der Waals surface area contributed by atoms with E-state index in [0.717, 1.165) is 24.9 Å². The number of rotatable bonds is 6. The Hall–Kier alpha value is -1.37. The molecular formula is C13H18N2O. The summed E-state index contributed by atoms with van der Waals surface area (Å²) < 4.78 is 0. The number of nitrogens with zero attached hydrogens (tertiary/aromatic N) is 1. The molecule has 1 aromatic carbocycles. The second kappa shape index (κ2) is 7.00. The zero-order chi connectivity index (χ0) is 11.8. The van der Waals surface area contributed by atoms with Gasteiger partial charge in [0.05, 0.1) is 11.6 Å². The molecule has 0 fully saturated rings. The van der Waals surface area contributed by atoms with Crippen molar-refractivity contribution in [1.29, 1.82) is 5.26 Å². The summed E-state index contributed by atoms with van der Waals surface area (Å²) in [5.74, 6) is 0. The summed E-state index contributed by atoms with van der Waals surface area (Å²) in [4.78, 5) is 0. The average molecular weight is 218 g/mol. The molecule has 0 saturated carbocycles. The molecule has 0 heterocycles. The van der Waals surface area contributed by atoms with E-state index >= 15 is 0 Å². The first kappa shape index (κ1) is 12.7. The molecule has 0 aliphatic rings. The Morgan fingerprint density at radius 3 is 2.56 bits per heavy atom. The van der Waals surface area contributed by atoms with Gasteiger partial charge < -0.3 is 10.4 Å². The molecule has 0 aliphatic heterocycles. The lowest BCUT2D eigenvalue weighted by Gasteiger charge is -2.15. The van der Waals surface area contributed by atoms with Crippen LogP contribution in [0.15, 0.2) is 24.3 Å². The molecule has 1 rings (SSSR count). The quantitative estimate of drug-likeness (QED) is 0.765. The third-order valence-corrected chi connectivity index (χ3v) is 2.65. The lowest BCUT2D eigenvalue weighted by molar-refractivity contribution is 0.262. The van der Waals surface area contributed by atoms with Crippen molar-refractivity contribution in [2.75, 3.05) is 6.61 Å². The van der Waals surface area contributed by atoms with Gasteiger partial charge in [0.2, 0.25) is 0 Å². The SMILES string of the molecule is CCC(CCO)NCc1ccc(C#N)cc1. The van der Waals surface area contributed by atoms with Crippen LogP contribution in [0.4, 0.5) is 0 Å². The number of benzene rings is 1. The fraction of sp³-hybridized carbons (Fsp3) is 0.462. The molecule has 16 heavy (non-hydrogen) atoms. The van der Waals surface area contributed by atoms with E-state index in [1.807, 2.05) is 24.3 Å². The predicted molar refractivity (Wildman–Crippen MR) is 63.8 cm³/mol. The normalized spacial score (nSPS) is 12.1. The van der Waals surface area contributed by atoms with Crippen LogP contribution in [0.1, 0.15) is 30.9 Å². The fourth-order valence-electron chi connectivity index (χ4n) is 1.57. The van der Waals surface area contributed by atoms with Crippen molar-refractivity contribution in [3.63, 3.8) is 0 Å². The topological polar surface area (TPSA) is 56.0 Å². The summed E-state index contributed by atoms with van der Waals surface area (Å²) in [6.45, 7) is 3.11. The Kier molecular flexibility index (Phi) is 5.55. The number of aliphatic hydroxyl groups is 1. The van der Waals surface area contributed by atoms with E-state index < -0.39 is 0 Å². The highest BCUT2D eigenvalue weighted by Gasteiger charge is 2.04. The zero-order valence-corrected chi connectivity index (χ0v) is 9.61. The second-order valence-electron chi connectivity index (χ2n) is 3.81. The Morgan fingerprint density at radius 2 is 2.06 bits per heavy atom.